The molecule has 2 rings (SSSR count). The van der Waals surface area contributed by atoms with Crippen LogP contribution in [-0.2, 0) is 0 Å². The van der Waals surface area contributed by atoms with Crippen LogP contribution >= 0.6 is 23.2 Å². The number of benzene rings is 1. The second-order valence-corrected chi connectivity index (χ2v) is 4.36. The molecule has 0 atom stereocenters. The molecule has 0 saturated carbocycles. The molecule has 5 nitrogen and oxygen atoms in total. The molecule has 1 aromatic heterocycles. The Morgan fingerprint density at radius 1 is 1.39 bits per heavy atom. The summed E-state index contributed by atoms with van der Waals surface area (Å²) in [6, 6.07) is 4.85. The molecule has 0 radical (unpaired) electrons. The van der Waals surface area contributed by atoms with E-state index >= 15 is 0 Å². The van der Waals surface area contributed by atoms with Gasteiger partial charge in [-0.3, -0.25) is 4.79 Å². The normalized spacial score (nSPS) is 10.4. The summed E-state index contributed by atoms with van der Waals surface area (Å²) < 4.78 is 4.81. The van der Waals surface area contributed by atoms with Crippen molar-refractivity contribution in [2.45, 2.75) is 6.92 Å². The molecule has 1 aromatic carbocycles. The second-order valence-electron chi connectivity index (χ2n) is 3.54. The van der Waals surface area contributed by atoms with E-state index in [1.165, 1.54) is 6.20 Å². The van der Waals surface area contributed by atoms with Crippen LogP contribution in [0.2, 0.25) is 10.0 Å². The summed E-state index contributed by atoms with van der Waals surface area (Å²) in [5, 5.41) is 4.97. The minimum absolute atomic E-state index is 0.242. The molecule has 2 N–H and O–H groups in total. The van der Waals surface area contributed by atoms with E-state index in [-0.39, 0.29) is 21.3 Å². The van der Waals surface area contributed by atoms with Gasteiger partial charge in [0.1, 0.15) is 11.3 Å². The van der Waals surface area contributed by atoms with Gasteiger partial charge < -0.3 is 4.52 Å². The molecular formula is C11H9Cl2N3O2. The number of para-hydroxylation sites is 1. The highest BCUT2D eigenvalue weighted by atomic mass is 35.5. The van der Waals surface area contributed by atoms with E-state index < -0.39 is 5.91 Å². The van der Waals surface area contributed by atoms with Crippen molar-refractivity contribution in [1.82, 2.24) is 5.16 Å². The van der Waals surface area contributed by atoms with Crippen molar-refractivity contribution in [3.63, 3.8) is 0 Å². The molecule has 0 aliphatic carbocycles. The average Bonchev–Trinajstić information content (AvgIpc) is 2.74. The smallest absolute Gasteiger partial charge is 0.277 e. The first-order chi connectivity index (χ1) is 8.52. The Labute approximate surface area is 113 Å². The highest BCUT2D eigenvalue weighted by Gasteiger charge is 2.22. The Morgan fingerprint density at radius 2 is 2.00 bits per heavy atom. The van der Waals surface area contributed by atoms with E-state index in [1.54, 1.807) is 25.1 Å². The van der Waals surface area contributed by atoms with Gasteiger partial charge >= 0.3 is 0 Å². The van der Waals surface area contributed by atoms with Gasteiger partial charge in [0.15, 0.2) is 0 Å². The van der Waals surface area contributed by atoms with Crippen LogP contribution in [0.3, 0.4) is 0 Å². The quantitative estimate of drug-likeness (QED) is 0.523. The van der Waals surface area contributed by atoms with Crippen molar-refractivity contribution in [1.29, 1.82) is 0 Å². The van der Waals surface area contributed by atoms with Crippen molar-refractivity contribution in [2.24, 2.45) is 5.84 Å². The molecule has 0 aliphatic rings. The van der Waals surface area contributed by atoms with Gasteiger partial charge in [0.2, 0.25) is 0 Å². The third-order valence-corrected chi connectivity index (χ3v) is 2.99. The van der Waals surface area contributed by atoms with Crippen LogP contribution in [0.1, 0.15) is 16.1 Å². The van der Waals surface area contributed by atoms with Crippen LogP contribution in [0.4, 0.5) is 5.69 Å². The summed E-state index contributed by atoms with van der Waals surface area (Å²) in [5.74, 6) is 5.62. The van der Waals surface area contributed by atoms with Gasteiger partial charge in [-0.25, -0.2) is 10.9 Å². The highest BCUT2D eigenvalue weighted by molar-refractivity contribution is 6.40. The van der Waals surface area contributed by atoms with Crippen molar-refractivity contribution in [3.8, 4) is 0 Å². The predicted molar refractivity (Wildman–Crippen MR) is 68.7 cm³/mol. The van der Waals surface area contributed by atoms with E-state index in [2.05, 4.69) is 5.16 Å². The van der Waals surface area contributed by atoms with E-state index in [0.717, 1.165) is 5.01 Å². The summed E-state index contributed by atoms with van der Waals surface area (Å²) >= 11 is 11.9. The van der Waals surface area contributed by atoms with Gasteiger partial charge in [0, 0.05) is 0 Å². The van der Waals surface area contributed by atoms with Gasteiger partial charge in [-0.05, 0) is 19.1 Å². The number of halogens is 2. The fraction of sp³-hybridized carbons (Fsp3) is 0.0909. The number of nitrogens with two attached hydrogens (primary N) is 1. The molecular weight excluding hydrogens is 277 g/mol. The van der Waals surface area contributed by atoms with Gasteiger partial charge in [0.05, 0.1) is 21.9 Å². The molecule has 0 spiro atoms. The summed E-state index contributed by atoms with van der Waals surface area (Å²) in [7, 11) is 0. The maximum absolute atomic E-state index is 12.1. The minimum atomic E-state index is -0.497. The van der Waals surface area contributed by atoms with Crippen molar-refractivity contribution in [2.75, 3.05) is 5.01 Å². The fourth-order valence-corrected chi connectivity index (χ4v) is 2.03. The van der Waals surface area contributed by atoms with Gasteiger partial charge in [0.25, 0.3) is 5.91 Å². The number of aromatic nitrogens is 1. The number of rotatable bonds is 2. The molecule has 0 aliphatic heterocycles. The van der Waals surface area contributed by atoms with Crippen LogP contribution in [0.15, 0.2) is 28.9 Å². The van der Waals surface area contributed by atoms with E-state index in [9.17, 15) is 4.79 Å². The second kappa shape index (κ2) is 4.97. The number of hydrazine groups is 1. The first kappa shape index (κ1) is 12.9. The Bertz CT molecular complexity index is 577. The lowest BCUT2D eigenvalue weighted by Gasteiger charge is -2.18. The number of hydrogen-bond donors (Lipinski definition) is 1. The number of amides is 1. The monoisotopic (exact) mass is 285 g/mol. The van der Waals surface area contributed by atoms with Crippen LogP contribution in [0.25, 0.3) is 0 Å². The van der Waals surface area contributed by atoms with E-state index in [4.69, 9.17) is 33.6 Å². The SMILES string of the molecule is Cc1oncc1C(=O)N(N)c1c(Cl)cccc1Cl. The molecule has 1 heterocycles. The van der Waals surface area contributed by atoms with Gasteiger partial charge in [-0.15, -0.1) is 0 Å². The zero-order chi connectivity index (χ0) is 13.3. The van der Waals surface area contributed by atoms with Crippen molar-refractivity contribution < 1.29 is 9.32 Å². The summed E-state index contributed by atoms with van der Waals surface area (Å²) in [4.78, 5) is 12.1. The lowest BCUT2D eigenvalue weighted by atomic mass is 10.2. The Kier molecular flexibility index (Phi) is 3.56. The number of nitrogens with zero attached hydrogens (tertiary/aromatic N) is 2. The number of aryl methyl sites for hydroxylation is 1. The van der Waals surface area contributed by atoms with Crippen molar-refractivity contribution in [3.05, 3.63) is 45.8 Å². The molecule has 0 fully saturated rings. The van der Waals surface area contributed by atoms with Crippen LogP contribution in [0, 0.1) is 6.92 Å². The van der Waals surface area contributed by atoms with Crippen molar-refractivity contribution >= 4 is 34.8 Å². The molecule has 2 aromatic rings. The number of carbonyl (C=O) groups excluding carboxylic acids is 1. The molecule has 94 valence electrons. The first-order valence-corrected chi connectivity index (χ1v) is 5.72. The third kappa shape index (κ3) is 2.20. The lowest BCUT2D eigenvalue weighted by molar-refractivity contribution is 0.0985. The molecule has 0 unspecified atom stereocenters. The van der Waals surface area contributed by atoms with Gasteiger partial charge in [-0.2, -0.15) is 0 Å². The van der Waals surface area contributed by atoms with Crippen LogP contribution in [-0.4, -0.2) is 11.1 Å². The largest absolute Gasteiger partial charge is 0.361 e. The fourth-order valence-electron chi connectivity index (χ4n) is 1.45. The van der Waals surface area contributed by atoms with Gasteiger partial charge in [-0.1, -0.05) is 34.4 Å². The molecule has 18 heavy (non-hydrogen) atoms. The molecule has 0 saturated heterocycles. The summed E-state index contributed by atoms with van der Waals surface area (Å²) in [6.07, 6.45) is 1.29. The Balaban J connectivity index is 2.41. The summed E-state index contributed by atoms with van der Waals surface area (Å²) in [6.45, 7) is 1.61. The molecule has 0 bridgehead atoms. The first-order valence-electron chi connectivity index (χ1n) is 4.97. The third-order valence-electron chi connectivity index (χ3n) is 2.38. The van der Waals surface area contributed by atoms with Crippen LogP contribution < -0.4 is 10.9 Å². The van der Waals surface area contributed by atoms with E-state index in [1.807, 2.05) is 0 Å². The Hall–Kier alpha value is -1.56. The summed E-state index contributed by atoms with van der Waals surface area (Å²) in [5.41, 5.74) is 0.500. The average molecular weight is 286 g/mol. The maximum atomic E-state index is 12.1. The lowest BCUT2D eigenvalue weighted by Crippen LogP contribution is -2.38. The predicted octanol–water partition coefficient (Wildman–Crippen LogP) is 2.81. The molecule has 1 amide bonds. The minimum Gasteiger partial charge on any atom is -0.361 e. The van der Waals surface area contributed by atoms with E-state index in [0.29, 0.717) is 5.76 Å². The topological polar surface area (TPSA) is 72.4 Å². The van der Waals surface area contributed by atoms with Crippen LogP contribution in [0.5, 0.6) is 0 Å². The number of anilines is 1. The number of carbonyl (C=O) groups is 1. The zero-order valence-electron chi connectivity index (χ0n) is 9.35. The number of hydrogen-bond acceptors (Lipinski definition) is 4. The standard InChI is InChI=1S/C11H9Cl2N3O2/c1-6-7(5-15-18-6)11(17)16(14)10-8(12)3-2-4-9(10)13/h2-5H,14H2,1H3. The molecule has 7 heteroatoms. The maximum Gasteiger partial charge on any atom is 0.277 e. The zero-order valence-corrected chi connectivity index (χ0v) is 10.9. The Morgan fingerprint density at radius 3 is 2.50 bits per heavy atom. The highest BCUT2D eigenvalue weighted by Crippen LogP contribution is 2.32.